The number of hydrogen-bond donors (Lipinski definition) is 1. The maximum atomic E-state index is 13.1. The van der Waals surface area contributed by atoms with Gasteiger partial charge in [-0.15, -0.1) is 0 Å². The number of anilines is 1. The second-order valence-electron chi connectivity index (χ2n) is 6.68. The van der Waals surface area contributed by atoms with Crippen LogP contribution in [-0.2, 0) is 4.79 Å². The summed E-state index contributed by atoms with van der Waals surface area (Å²) in [5.74, 6) is 0.215. The molecule has 2 rings (SSSR count). The van der Waals surface area contributed by atoms with Crippen molar-refractivity contribution < 1.29 is 4.79 Å². The van der Waals surface area contributed by atoms with E-state index in [1.807, 2.05) is 26.0 Å². The van der Waals surface area contributed by atoms with Crippen LogP contribution in [0, 0.1) is 25.2 Å². The highest BCUT2D eigenvalue weighted by Gasteiger charge is 2.68. The number of amides is 1. The highest BCUT2D eigenvalue weighted by molar-refractivity contribution is 7.78. The number of carbonyl (C=O) groups excluding carboxylic acids is 1. The predicted molar refractivity (Wildman–Crippen MR) is 99.8 cm³/mol. The van der Waals surface area contributed by atoms with E-state index >= 15 is 0 Å². The molecule has 0 aromatic heterocycles. The molecule has 1 aliphatic rings. The SMILES string of the molecule is CC[P+](CC)(CC)C1(C(=O)Nc2c(C)cc(C#N)cc2C)CC1. The van der Waals surface area contributed by atoms with Gasteiger partial charge in [-0.3, -0.25) is 4.79 Å². The number of hydrogen-bond acceptors (Lipinski definition) is 2. The molecule has 0 unspecified atom stereocenters. The summed E-state index contributed by atoms with van der Waals surface area (Å²) in [4.78, 5) is 13.1. The summed E-state index contributed by atoms with van der Waals surface area (Å²) in [6.45, 7) is 10.7. The van der Waals surface area contributed by atoms with Crippen LogP contribution in [0.2, 0.25) is 0 Å². The molecule has 4 heteroatoms. The average molecular weight is 331 g/mol. The van der Waals surface area contributed by atoms with Crippen molar-refractivity contribution in [3.8, 4) is 6.07 Å². The molecule has 23 heavy (non-hydrogen) atoms. The standard InChI is InChI=1S/C19H27N2OP/c1-6-23(7-2,8-3)19(9-10-19)18(22)21-17-14(4)11-16(13-20)12-15(17)5/h11-12H,6-10H2,1-5H3/p+1. The Balaban J connectivity index is 2.32. The number of benzene rings is 1. The van der Waals surface area contributed by atoms with Gasteiger partial charge in [0.05, 0.1) is 30.1 Å². The van der Waals surface area contributed by atoms with Crippen molar-refractivity contribution in [2.45, 2.75) is 52.6 Å². The van der Waals surface area contributed by atoms with Crippen LogP contribution in [0.15, 0.2) is 12.1 Å². The lowest BCUT2D eigenvalue weighted by molar-refractivity contribution is -0.116. The van der Waals surface area contributed by atoms with Crippen molar-refractivity contribution in [2.75, 3.05) is 23.8 Å². The lowest BCUT2D eigenvalue weighted by Gasteiger charge is -2.32. The fourth-order valence-electron chi connectivity index (χ4n) is 4.07. The Kier molecular flexibility index (Phi) is 5.17. The first kappa shape index (κ1) is 18.0. The number of nitrogens with one attached hydrogen (secondary N) is 1. The number of aryl methyl sites for hydroxylation is 2. The van der Waals surface area contributed by atoms with Crippen LogP contribution in [0.1, 0.15) is 50.3 Å². The quantitative estimate of drug-likeness (QED) is 0.767. The van der Waals surface area contributed by atoms with Gasteiger partial charge < -0.3 is 5.32 Å². The first-order valence-electron chi connectivity index (χ1n) is 8.58. The summed E-state index contributed by atoms with van der Waals surface area (Å²) in [6.07, 6.45) is 5.53. The number of nitrogens with zero attached hydrogens (tertiary/aromatic N) is 1. The molecular weight excluding hydrogens is 303 g/mol. The van der Waals surface area contributed by atoms with E-state index in [0.29, 0.717) is 5.56 Å². The van der Waals surface area contributed by atoms with Gasteiger partial charge in [-0.1, -0.05) is 0 Å². The van der Waals surface area contributed by atoms with Crippen molar-refractivity contribution in [1.82, 2.24) is 0 Å². The summed E-state index contributed by atoms with van der Waals surface area (Å²) in [6, 6.07) is 5.88. The molecule has 1 fully saturated rings. The van der Waals surface area contributed by atoms with Crippen molar-refractivity contribution in [1.29, 1.82) is 5.26 Å². The molecule has 0 heterocycles. The van der Waals surface area contributed by atoms with E-state index in [4.69, 9.17) is 5.26 Å². The van der Waals surface area contributed by atoms with Gasteiger partial charge in [0.2, 0.25) is 0 Å². The minimum Gasteiger partial charge on any atom is -0.322 e. The van der Waals surface area contributed by atoms with E-state index in [2.05, 4.69) is 32.2 Å². The second-order valence-corrected chi connectivity index (χ2v) is 11.7. The van der Waals surface area contributed by atoms with E-state index in [9.17, 15) is 4.79 Å². The fraction of sp³-hybridized carbons (Fsp3) is 0.579. The van der Waals surface area contributed by atoms with E-state index in [0.717, 1.165) is 48.1 Å². The Morgan fingerprint density at radius 1 is 1.17 bits per heavy atom. The Hall–Kier alpha value is -1.39. The number of carbonyl (C=O) groups is 1. The lowest BCUT2D eigenvalue weighted by Crippen LogP contribution is -2.35. The Bertz CT molecular complexity index is 621. The van der Waals surface area contributed by atoms with Gasteiger partial charge in [0.1, 0.15) is 0 Å². The van der Waals surface area contributed by atoms with Crippen molar-refractivity contribution in [2.24, 2.45) is 0 Å². The van der Waals surface area contributed by atoms with Gasteiger partial charge in [0.25, 0.3) is 5.91 Å². The Labute approximate surface area is 140 Å². The molecule has 1 saturated carbocycles. The van der Waals surface area contributed by atoms with Crippen LogP contribution in [0.3, 0.4) is 0 Å². The summed E-state index contributed by atoms with van der Waals surface area (Å²) in [5, 5.41) is 12.2. The minimum atomic E-state index is -1.23. The molecule has 0 radical (unpaired) electrons. The van der Waals surface area contributed by atoms with Gasteiger partial charge in [-0.2, -0.15) is 5.26 Å². The average Bonchev–Trinajstić information content (AvgIpc) is 3.35. The number of nitriles is 1. The Morgan fingerprint density at radius 3 is 2.00 bits per heavy atom. The van der Waals surface area contributed by atoms with Gasteiger partial charge in [-0.05, 0) is 57.9 Å². The maximum absolute atomic E-state index is 13.1. The third kappa shape index (κ3) is 2.90. The zero-order valence-electron chi connectivity index (χ0n) is 15.0. The van der Waals surface area contributed by atoms with Gasteiger partial charge in [-0.25, -0.2) is 0 Å². The van der Waals surface area contributed by atoms with Crippen molar-refractivity contribution in [3.05, 3.63) is 28.8 Å². The van der Waals surface area contributed by atoms with Crippen LogP contribution in [0.5, 0.6) is 0 Å². The molecule has 3 nitrogen and oxygen atoms in total. The first-order chi connectivity index (χ1) is 10.9. The van der Waals surface area contributed by atoms with E-state index in [1.54, 1.807) is 0 Å². The molecule has 1 amide bonds. The highest BCUT2D eigenvalue weighted by atomic mass is 31.2. The molecule has 1 aromatic rings. The maximum Gasteiger partial charge on any atom is 0.268 e. The highest BCUT2D eigenvalue weighted by Crippen LogP contribution is 2.77. The molecule has 0 saturated heterocycles. The predicted octanol–water partition coefficient (Wildman–Crippen LogP) is 4.72. The van der Waals surface area contributed by atoms with Gasteiger partial charge in [0.15, 0.2) is 5.16 Å². The van der Waals surface area contributed by atoms with E-state index in [-0.39, 0.29) is 11.1 Å². The topological polar surface area (TPSA) is 52.9 Å². The third-order valence-corrected chi connectivity index (χ3v) is 11.9. The molecule has 0 spiro atoms. The molecular formula is C19H28N2OP+. The largest absolute Gasteiger partial charge is 0.322 e. The van der Waals surface area contributed by atoms with E-state index < -0.39 is 7.26 Å². The zero-order valence-corrected chi connectivity index (χ0v) is 15.9. The normalized spacial score (nSPS) is 15.8. The summed E-state index contributed by atoms with van der Waals surface area (Å²) in [5.41, 5.74) is 3.48. The van der Waals surface area contributed by atoms with Crippen LogP contribution in [0.4, 0.5) is 5.69 Å². The van der Waals surface area contributed by atoms with Gasteiger partial charge in [0, 0.05) is 25.8 Å². The van der Waals surface area contributed by atoms with Crippen molar-refractivity contribution >= 4 is 18.9 Å². The molecule has 1 N–H and O–H groups in total. The third-order valence-electron chi connectivity index (χ3n) is 5.77. The van der Waals surface area contributed by atoms with Crippen LogP contribution < -0.4 is 5.32 Å². The number of rotatable bonds is 6. The van der Waals surface area contributed by atoms with Crippen LogP contribution in [0.25, 0.3) is 0 Å². The Morgan fingerprint density at radius 2 is 1.65 bits per heavy atom. The van der Waals surface area contributed by atoms with Crippen LogP contribution >= 0.6 is 7.26 Å². The first-order valence-corrected chi connectivity index (χ1v) is 10.9. The van der Waals surface area contributed by atoms with Gasteiger partial charge >= 0.3 is 0 Å². The lowest BCUT2D eigenvalue weighted by atomic mass is 10.0. The smallest absolute Gasteiger partial charge is 0.268 e. The van der Waals surface area contributed by atoms with E-state index in [1.165, 1.54) is 0 Å². The minimum absolute atomic E-state index is 0.0992. The summed E-state index contributed by atoms with van der Waals surface area (Å²) < 4.78 is 0. The molecule has 0 aliphatic heterocycles. The fourth-order valence-corrected chi connectivity index (χ4v) is 8.77. The molecule has 1 aliphatic carbocycles. The molecule has 0 bridgehead atoms. The summed E-state index contributed by atoms with van der Waals surface area (Å²) >= 11 is 0. The molecule has 124 valence electrons. The molecule has 1 aromatic carbocycles. The second kappa shape index (κ2) is 6.62. The van der Waals surface area contributed by atoms with Crippen LogP contribution in [-0.4, -0.2) is 29.5 Å². The monoisotopic (exact) mass is 331 g/mol. The summed E-state index contributed by atoms with van der Waals surface area (Å²) in [7, 11) is -1.23. The zero-order chi connectivity index (χ0) is 17.3. The molecule has 0 atom stereocenters. The van der Waals surface area contributed by atoms with Crippen molar-refractivity contribution in [3.63, 3.8) is 0 Å².